The summed E-state index contributed by atoms with van der Waals surface area (Å²) in [5, 5.41) is 10.1. The van der Waals surface area contributed by atoms with Crippen molar-refractivity contribution in [2.24, 2.45) is 0 Å². The Hall–Kier alpha value is -0.420. The monoisotopic (exact) mass is 406 g/mol. The van der Waals surface area contributed by atoms with Crippen LogP contribution in [0.3, 0.4) is 0 Å². The molecule has 2 rings (SSSR count). The number of aliphatic hydroxyl groups is 1. The maximum atomic E-state index is 14.0. The topological polar surface area (TPSA) is 20.2 Å². The highest BCUT2D eigenvalue weighted by Gasteiger charge is 2.17. The van der Waals surface area contributed by atoms with Crippen molar-refractivity contribution in [1.82, 2.24) is 0 Å². The first-order valence-corrected chi connectivity index (χ1v) is 7.51. The standard InChI is InChI=1S/C14H10Br2ClFO/c15-9-3-1-2-8(6-9)7-12(19)10-4-5-11(16)13(17)14(10)18/h1-6,12,19H,7H2. The third-order valence-corrected chi connectivity index (χ3v) is 4.49. The van der Waals surface area contributed by atoms with Crippen LogP contribution in [0, 0.1) is 5.82 Å². The molecule has 2 aromatic rings. The van der Waals surface area contributed by atoms with Gasteiger partial charge in [-0.3, -0.25) is 0 Å². The first kappa shape index (κ1) is 15.0. The zero-order chi connectivity index (χ0) is 14.0. The number of rotatable bonds is 3. The van der Waals surface area contributed by atoms with Crippen LogP contribution in [0.25, 0.3) is 0 Å². The van der Waals surface area contributed by atoms with Crippen molar-refractivity contribution >= 4 is 43.5 Å². The SMILES string of the molecule is OC(Cc1cccc(Br)c1)c1ccc(Br)c(Cl)c1F. The van der Waals surface area contributed by atoms with Gasteiger partial charge in [0.1, 0.15) is 5.82 Å². The maximum Gasteiger partial charge on any atom is 0.148 e. The molecule has 5 heteroatoms. The minimum absolute atomic E-state index is 0.00853. The van der Waals surface area contributed by atoms with E-state index in [0.717, 1.165) is 10.0 Å². The third kappa shape index (κ3) is 3.57. The van der Waals surface area contributed by atoms with Gasteiger partial charge in [-0.05, 0) is 39.7 Å². The van der Waals surface area contributed by atoms with Crippen LogP contribution in [0.15, 0.2) is 45.3 Å². The van der Waals surface area contributed by atoms with Crippen molar-refractivity contribution in [3.8, 4) is 0 Å². The molecular weight excluding hydrogens is 398 g/mol. The van der Waals surface area contributed by atoms with Gasteiger partial charge in [0.2, 0.25) is 0 Å². The van der Waals surface area contributed by atoms with Gasteiger partial charge >= 0.3 is 0 Å². The molecule has 0 aliphatic rings. The number of hydrogen-bond donors (Lipinski definition) is 1. The van der Waals surface area contributed by atoms with E-state index >= 15 is 0 Å². The summed E-state index contributed by atoms with van der Waals surface area (Å²) in [4.78, 5) is 0. The van der Waals surface area contributed by atoms with Gasteiger partial charge in [-0.15, -0.1) is 0 Å². The van der Waals surface area contributed by atoms with E-state index in [1.54, 1.807) is 6.07 Å². The van der Waals surface area contributed by atoms with Crippen LogP contribution < -0.4 is 0 Å². The molecule has 100 valence electrons. The van der Waals surface area contributed by atoms with Crippen LogP contribution in [0.2, 0.25) is 5.02 Å². The van der Waals surface area contributed by atoms with Crippen LogP contribution in [-0.4, -0.2) is 5.11 Å². The number of aliphatic hydroxyl groups excluding tert-OH is 1. The van der Waals surface area contributed by atoms with Crippen molar-refractivity contribution in [3.63, 3.8) is 0 Å². The predicted molar refractivity (Wildman–Crippen MR) is 81.9 cm³/mol. The summed E-state index contributed by atoms with van der Waals surface area (Å²) >= 11 is 12.3. The van der Waals surface area contributed by atoms with Gasteiger partial charge in [-0.2, -0.15) is 0 Å². The van der Waals surface area contributed by atoms with Gasteiger partial charge in [0, 0.05) is 20.9 Å². The van der Waals surface area contributed by atoms with Crippen LogP contribution in [0.1, 0.15) is 17.2 Å². The molecule has 0 spiro atoms. The van der Waals surface area contributed by atoms with Gasteiger partial charge in [0.25, 0.3) is 0 Å². The average Bonchev–Trinajstić information content (AvgIpc) is 2.36. The van der Waals surface area contributed by atoms with Crippen molar-refractivity contribution in [2.45, 2.75) is 12.5 Å². The Labute approximate surface area is 132 Å². The van der Waals surface area contributed by atoms with Crippen molar-refractivity contribution in [3.05, 3.63) is 67.3 Å². The highest BCUT2D eigenvalue weighted by Crippen LogP contribution is 2.31. The second kappa shape index (κ2) is 6.35. The van der Waals surface area contributed by atoms with E-state index in [4.69, 9.17) is 11.6 Å². The Morgan fingerprint density at radius 2 is 1.95 bits per heavy atom. The van der Waals surface area contributed by atoms with Crippen molar-refractivity contribution < 1.29 is 9.50 Å². The summed E-state index contributed by atoms with van der Waals surface area (Å²) in [6.07, 6.45) is -0.603. The van der Waals surface area contributed by atoms with E-state index in [0.29, 0.717) is 10.9 Å². The Morgan fingerprint density at radius 1 is 1.21 bits per heavy atom. The second-order valence-electron chi connectivity index (χ2n) is 4.11. The highest BCUT2D eigenvalue weighted by atomic mass is 79.9. The summed E-state index contributed by atoms with van der Waals surface area (Å²) in [5.41, 5.74) is 1.12. The van der Waals surface area contributed by atoms with Gasteiger partial charge in [0.05, 0.1) is 11.1 Å². The average molecular weight is 408 g/mol. The van der Waals surface area contributed by atoms with E-state index in [2.05, 4.69) is 31.9 Å². The summed E-state index contributed by atoms with van der Waals surface area (Å²) in [5.74, 6) is -0.585. The molecule has 0 aliphatic heterocycles. The lowest BCUT2D eigenvalue weighted by molar-refractivity contribution is 0.173. The minimum Gasteiger partial charge on any atom is -0.388 e. The van der Waals surface area contributed by atoms with E-state index < -0.39 is 11.9 Å². The minimum atomic E-state index is -0.931. The van der Waals surface area contributed by atoms with Gasteiger partial charge < -0.3 is 5.11 Å². The molecule has 1 atom stereocenters. The fraction of sp³-hybridized carbons (Fsp3) is 0.143. The molecule has 0 radical (unpaired) electrons. The molecule has 0 aliphatic carbocycles. The van der Waals surface area contributed by atoms with Gasteiger partial charge in [0.15, 0.2) is 0 Å². The maximum absolute atomic E-state index is 14.0. The fourth-order valence-corrected chi connectivity index (χ4v) is 2.72. The Kier molecular flexibility index (Phi) is 5.01. The zero-order valence-corrected chi connectivity index (χ0v) is 13.6. The lowest BCUT2D eigenvalue weighted by Gasteiger charge is -2.13. The molecule has 0 bridgehead atoms. The molecule has 1 unspecified atom stereocenters. The lowest BCUT2D eigenvalue weighted by atomic mass is 10.0. The van der Waals surface area contributed by atoms with Crippen molar-refractivity contribution in [1.29, 1.82) is 0 Å². The van der Waals surface area contributed by atoms with E-state index in [9.17, 15) is 9.50 Å². The van der Waals surface area contributed by atoms with Crippen LogP contribution in [0.5, 0.6) is 0 Å². The largest absolute Gasteiger partial charge is 0.388 e. The Bertz CT molecular complexity index is 604. The first-order valence-electron chi connectivity index (χ1n) is 5.55. The molecule has 0 heterocycles. The summed E-state index contributed by atoms with van der Waals surface area (Å²) in [7, 11) is 0. The molecule has 0 saturated heterocycles. The lowest BCUT2D eigenvalue weighted by Crippen LogP contribution is -2.05. The summed E-state index contributed by atoms with van der Waals surface area (Å²) < 4.78 is 15.4. The first-order chi connectivity index (χ1) is 8.99. The Balaban J connectivity index is 2.25. The molecule has 0 amide bonds. The molecule has 1 N–H and O–H groups in total. The predicted octanol–water partition coefficient (Wildman–Crippen LogP) is 5.28. The molecule has 19 heavy (non-hydrogen) atoms. The zero-order valence-electron chi connectivity index (χ0n) is 9.71. The summed E-state index contributed by atoms with van der Waals surface area (Å²) in [6.45, 7) is 0. The van der Waals surface area contributed by atoms with Crippen LogP contribution in [-0.2, 0) is 6.42 Å². The molecule has 2 aromatic carbocycles. The number of benzene rings is 2. The number of halogens is 4. The van der Waals surface area contributed by atoms with E-state index in [1.165, 1.54) is 6.07 Å². The van der Waals surface area contributed by atoms with Crippen LogP contribution in [0.4, 0.5) is 4.39 Å². The Morgan fingerprint density at radius 3 is 2.63 bits per heavy atom. The second-order valence-corrected chi connectivity index (χ2v) is 6.26. The smallest absolute Gasteiger partial charge is 0.148 e. The van der Waals surface area contributed by atoms with Gasteiger partial charge in [-0.25, -0.2) is 4.39 Å². The van der Waals surface area contributed by atoms with Crippen LogP contribution >= 0.6 is 43.5 Å². The molecule has 0 aromatic heterocycles. The summed E-state index contributed by atoms with van der Waals surface area (Å²) in [6, 6.07) is 10.7. The normalized spacial score (nSPS) is 12.5. The van der Waals surface area contributed by atoms with E-state index in [1.807, 2.05) is 24.3 Å². The third-order valence-electron chi connectivity index (χ3n) is 2.74. The molecule has 0 fully saturated rings. The molecular formula is C14H10Br2ClFO. The highest BCUT2D eigenvalue weighted by molar-refractivity contribution is 9.10. The number of hydrogen-bond acceptors (Lipinski definition) is 1. The van der Waals surface area contributed by atoms with E-state index in [-0.39, 0.29) is 10.6 Å². The quantitative estimate of drug-likeness (QED) is 0.685. The van der Waals surface area contributed by atoms with Gasteiger partial charge in [-0.1, -0.05) is 45.7 Å². The fourth-order valence-electron chi connectivity index (χ4n) is 1.80. The van der Waals surface area contributed by atoms with Crippen molar-refractivity contribution in [2.75, 3.05) is 0 Å². The molecule has 1 nitrogen and oxygen atoms in total. The molecule has 0 saturated carbocycles.